The van der Waals surface area contributed by atoms with E-state index in [4.69, 9.17) is 16.6 Å². The lowest BCUT2D eigenvalue weighted by Gasteiger charge is -2.25. The van der Waals surface area contributed by atoms with Crippen molar-refractivity contribution < 1.29 is 0 Å². The third kappa shape index (κ3) is 3.79. The van der Waals surface area contributed by atoms with Gasteiger partial charge in [0.15, 0.2) is 0 Å². The summed E-state index contributed by atoms with van der Waals surface area (Å²) in [6.07, 6.45) is 0.802. The smallest absolute Gasteiger partial charge is 0.111 e. The van der Waals surface area contributed by atoms with Crippen molar-refractivity contribution in [3.8, 4) is 0 Å². The lowest BCUT2D eigenvalue weighted by molar-refractivity contribution is 0.261. The molecule has 0 saturated heterocycles. The lowest BCUT2D eigenvalue weighted by Crippen LogP contribution is -2.30. The van der Waals surface area contributed by atoms with E-state index in [1.165, 1.54) is 5.52 Å². The molecule has 0 aliphatic carbocycles. The second-order valence-electron chi connectivity index (χ2n) is 5.30. The molecule has 0 bridgehead atoms. The van der Waals surface area contributed by atoms with Crippen LogP contribution in [-0.2, 0) is 6.42 Å². The third-order valence-electron chi connectivity index (χ3n) is 3.90. The fourth-order valence-electron chi connectivity index (χ4n) is 2.81. The van der Waals surface area contributed by atoms with Crippen molar-refractivity contribution in [2.24, 2.45) is 0 Å². The number of aromatic nitrogens is 2. The molecule has 2 aromatic rings. The van der Waals surface area contributed by atoms with Crippen molar-refractivity contribution in [1.82, 2.24) is 14.5 Å². The van der Waals surface area contributed by atoms with Gasteiger partial charge in [-0.05, 0) is 38.2 Å². The molecule has 3 nitrogen and oxygen atoms in total. The zero-order chi connectivity index (χ0) is 15.4. The first kappa shape index (κ1) is 16.8. The second-order valence-corrected chi connectivity index (χ2v) is 6.60. The summed E-state index contributed by atoms with van der Waals surface area (Å²) in [5.41, 5.74) is 2.23. The van der Waals surface area contributed by atoms with Gasteiger partial charge in [-0.1, -0.05) is 29.8 Å². The molecule has 0 aliphatic rings. The topological polar surface area (TPSA) is 21.1 Å². The Morgan fingerprint density at radius 1 is 1.33 bits per heavy atom. The molecule has 1 aromatic heterocycles. The van der Waals surface area contributed by atoms with Crippen LogP contribution in [0.4, 0.5) is 0 Å². The van der Waals surface area contributed by atoms with E-state index in [9.17, 15) is 0 Å². The number of hydrogen-bond acceptors (Lipinski definition) is 2. The molecule has 2 rings (SSSR count). The predicted octanol–water partition coefficient (Wildman–Crippen LogP) is 4.48. The van der Waals surface area contributed by atoms with Crippen LogP contribution in [0.2, 0.25) is 0 Å². The summed E-state index contributed by atoms with van der Waals surface area (Å²) in [6.45, 7) is 9.85. The summed E-state index contributed by atoms with van der Waals surface area (Å²) in [5.74, 6) is 1.68. The number of rotatable bonds is 7. The van der Waals surface area contributed by atoms with Crippen LogP contribution in [0.5, 0.6) is 0 Å². The SMILES string of the molecule is CCN(CC)CC(C)n1c(CCCl)nc2ccc(Br)cc21. The average molecular weight is 373 g/mol. The third-order valence-corrected chi connectivity index (χ3v) is 4.58. The van der Waals surface area contributed by atoms with Crippen LogP contribution in [0.3, 0.4) is 0 Å². The van der Waals surface area contributed by atoms with Crippen LogP contribution in [0, 0.1) is 0 Å². The summed E-state index contributed by atoms with van der Waals surface area (Å²) in [7, 11) is 0. The van der Waals surface area contributed by atoms with Gasteiger partial charge in [-0.3, -0.25) is 0 Å². The van der Waals surface area contributed by atoms with E-state index in [2.05, 4.69) is 58.3 Å². The zero-order valence-electron chi connectivity index (χ0n) is 12.9. The molecule has 0 saturated carbocycles. The maximum absolute atomic E-state index is 5.96. The van der Waals surface area contributed by atoms with Crippen LogP contribution in [0.25, 0.3) is 11.0 Å². The first-order chi connectivity index (χ1) is 10.1. The highest BCUT2D eigenvalue weighted by atomic mass is 79.9. The maximum atomic E-state index is 5.96. The molecule has 1 unspecified atom stereocenters. The van der Waals surface area contributed by atoms with Gasteiger partial charge in [0.2, 0.25) is 0 Å². The van der Waals surface area contributed by atoms with Crippen LogP contribution >= 0.6 is 27.5 Å². The first-order valence-corrected chi connectivity index (χ1v) is 8.88. The number of imidazole rings is 1. The number of benzene rings is 1. The van der Waals surface area contributed by atoms with Gasteiger partial charge in [0.05, 0.1) is 11.0 Å². The van der Waals surface area contributed by atoms with Crippen molar-refractivity contribution in [2.75, 3.05) is 25.5 Å². The Morgan fingerprint density at radius 3 is 2.67 bits per heavy atom. The van der Waals surface area contributed by atoms with Crippen LogP contribution in [0.1, 0.15) is 32.6 Å². The Bertz CT molecular complexity index is 592. The number of aryl methyl sites for hydroxylation is 1. The highest BCUT2D eigenvalue weighted by Gasteiger charge is 2.17. The van der Waals surface area contributed by atoms with E-state index < -0.39 is 0 Å². The molecule has 21 heavy (non-hydrogen) atoms. The zero-order valence-corrected chi connectivity index (χ0v) is 15.3. The lowest BCUT2D eigenvalue weighted by atomic mass is 10.2. The highest BCUT2D eigenvalue weighted by Crippen LogP contribution is 2.25. The molecule has 0 spiro atoms. The summed E-state index contributed by atoms with van der Waals surface area (Å²) < 4.78 is 3.43. The van der Waals surface area contributed by atoms with Gasteiger partial charge < -0.3 is 9.47 Å². The van der Waals surface area contributed by atoms with Gasteiger partial charge in [-0.15, -0.1) is 11.6 Å². The summed E-state index contributed by atoms with van der Waals surface area (Å²) >= 11 is 9.52. The van der Waals surface area contributed by atoms with E-state index in [1.807, 2.05) is 6.07 Å². The molecule has 0 fully saturated rings. The van der Waals surface area contributed by atoms with Gasteiger partial charge in [0, 0.05) is 29.4 Å². The van der Waals surface area contributed by atoms with Gasteiger partial charge in [-0.25, -0.2) is 4.98 Å². The molecule has 0 N–H and O–H groups in total. The Morgan fingerprint density at radius 2 is 2.05 bits per heavy atom. The molecular formula is C16H23BrClN3. The van der Waals surface area contributed by atoms with Crippen molar-refractivity contribution in [3.05, 3.63) is 28.5 Å². The molecule has 1 aromatic carbocycles. The van der Waals surface area contributed by atoms with Gasteiger partial charge in [0.1, 0.15) is 5.82 Å². The van der Waals surface area contributed by atoms with E-state index >= 15 is 0 Å². The minimum atomic E-state index is 0.377. The van der Waals surface area contributed by atoms with Crippen LogP contribution in [0.15, 0.2) is 22.7 Å². The molecular weight excluding hydrogens is 350 g/mol. The Kier molecular flexibility index (Phi) is 6.08. The molecule has 0 aliphatic heterocycles. The summed E-state index contributed by atoms with van der Waals surface area (Å²) in [6, 6.07) is 6.64. The fourth-order valence-corrected chi connectivity index (χ4v) is 3.32. The van der Waals surface area contributed by atoms with Crippen molar-refractivity contribution in [1.29, 1.82) is 0 Å². The van der Waals surface area contributed by atoms with Crippen LogP contribution in [-0.4, -0.2) is 40.0 Å². The van der Waals surface area contributed by atoms with E-state index in [0.29, 0.717) is 11.9 Å². The van der Waals surface area contributed by atoms with E-state index in [0.717, 1.165) is 41.9 Å². The minimum Gasteiger partial charge on any atom is -0.324 e. The Hall–Kier alpha value is -0.580. The van der Waals surface area contributed by atoms with E-state index in [-0.39, 0.29) is 0 Å². The standard InChI is InChI=1S/C16H23BrClN3/c1-4-20(5-2)11-12(3)21-15-10-13(17)6-7-14(15)19-16(21)8-9-18/h6-7,10,12H,4-5,8-9,11H2,1-3H3. The molecule has 5 heteroatoms. The van der Waals surface area contributed by atoms with Crippen LogP contribution < -0.4 is 0 Å². The number of halogens is 2. The molecule has 0 radical (unpaired) electrons. The molecule has 0 amide bonds. The summed E-state index contributed by atoms with van der Waals surface area (Å²) in [4.78, 5) is 7.21. The number of fused-ring (bicyclic) bond motifs is 1. The fraction of sp³-hybridized carbons (Fsp3) is 0.562. The normalized spacial score (nSPS) is 13.2. The highest BCUT2D eigenvalue weighted by molar-refractivity contribution is 9.10. The maximum Gasteiger partial charge on any atom is 0.111 e. The first-order valence-electron chi connectivity index (χ1n) is 7.55. The Balaban J connectivity index is 2.43. The van der Waals surface area contributed by atoms with Crippen molar-refractivity contribution >= 4 is 38.6 Å². The Labute approximate surface area is 140 Å². The molecule has 1 atom stereocenters. The number of nitrogens with zero attached hydrogens (tertiary/aromatic N) is 3. The minimum absolute atomic E-state index is 0.377. The quantitative estimate of drug-likeness (QED) is 0.668. The van der Waals surface area contributed by atoms with Gasteiger partial charge in [0.25, 0.3) is 0 Å². The van der Waals surface area contributed by atoms with Crippen molar-refractivity contribution in [2.45, 2.75) is 33.2 Å². The largest absolute Gasteiger partial charge is 0.324 e. The molecule has 1 heterocycles. The predicted molar refractivity (Wildman–Crippen MR) is 94.4 cm³/mol. The van der Waals surface area contributed by atoms with E-state index in [1.54, 1.807) is 0 Å². The monoisotopic (exact) mass is 371 g/mol. The van der Waals surface area contributed by atoms with Gasteiger partial charge >= 0.3 is 0 Å². The van der Waals surface area contributed by atoms with Crippen molar-refractivity contribution in [3.63, 3.8) is 0 Å². The summed E-state index contributed by atoms with van der Waals surface area (Å²) in [5, 5.41) is 0. The van der Waals surface area contributed by atoms with Gasteiger partial charge in [-0.2, -0.15) is 0 Å². The number of hydrogen-bond donors (Lipinski definition) is 0. The second kappa shape index (κ2) is 7.61. The number of alkyl halides is 1. The number of likely N-dealkylation sites (N-methyl/N-ethyl adjacent to an activating group) is 1. The molecule has 116 valence electrons. The average Bonchev–Trinajstić information content (AvgIpc) is 2.82.